The second kappa shape index (κ2) is 7.09. The van der Waals surface area contributed by atoms with E-state index in [1.807, 2.05) is 41.3 Å². The normalized spacial score (nSPS) is 20.3. The SMILES string of the molecule is O=C(NCC1COc2ccccc2O1)N1CCC(n2cccc2)CC1. The van der Waals surface area contributed by atoms with Crippen LogP contribution in [0.25, 0.3) is 0 Å². The Labute approximate surface area is 147 Å². The van der Waals surface area contributed by atoms with E-state index >= 15 is 0 Å². The molecular formula is C19H23N3O3. The van der Waals surface area contributed by atoms with Gasteiger partial charge in [0, 0.05) is 31.5 Å². The number of urea groups is 1. The van der Waals surface area contributed by atoms with Crippen LogP contribution in [-0.2, 0) is 0 Å². The van der Waals surface area contributed by atoms with Crippen LogP contribution in [0, 0.1) is 0 Å². The van der Waals surface area contributed by atoms with Crippen LogP contribution in [0.15, 0.2) is 48.8 Å². The van der Waals surface area contributed by atoms with Crippen molar-refractivity contribution in [3.05, 3.63) is 48.8 Å². The van der Waals surface area contributed by atoms with E-state index in [-0.39, 0.29) is 12.1 Å². The van der Waals surface area contributed by atoms with Crippen molar-refractivity contribution in [3.63, 3.8) is 0 Å². The topological polar surface area (TPSA) is 55.7 Å². The molecule has 1 aromatic heterocycles. The Morgan fingerprint density at radius 1 is 1.08 bits per heavy atom. The Morgan fingerprint density at radius 2 is 1.80 bits per heavy atom. The average molecular weight is 341 g/mol. The number of nitrogens with zero attached hydrogens (tertiary/aromatic N) is 2. The summed E-state index contributed by atoms with van der Waals surface area (Å²) in [5, 5.41) is 2.98. The van der Waals surface area contributed by atoms with Gasteiger partial charge in [-0.3, -0.25) is 0 Å². The fraction of sp³-hybridized carbons (Fsp3) is 0.421. The Hall–Kier alpha value is -2.63. The zero-order valence-electron chi connectivity index (χ0n) is 14.1. The Morgan fingerprint density at radius 3 is 2.56 bits per heavy atom. The number of para-hydroxylation sites is 2. The lowest BCUT2D eigenvalue weighted by Crippen LogP contribution is -2.48. The number of amides is 2. The van der Waals surface area contributed by atoms with Gasteiger partial charge in [-0.15, -0.1) is 0 Å². The summed E-state index contributed by atoms with van der Waals surface area (Å²) in [5.41, 5.74) is 0. The molecule has 0 saturated carbocycles. The highest BCUT2D eigenvalue weighted by atomic mass is 16.6. The minimum Gasteiger partial charge on any atom is -0.486 e. The number of nitrogens with one attached hydrogen (secondary N) is 1. The van der Waals surface area contributed by atoms with Crippen LogP contribution in [0.3, 0.4) is 0 Å². The van der Waals surface area contributed by atoms with E-state index in [4.69, 9.17) is 9.47 Å². The molecule has 3 heterocycles. The van der Waals surface area contributed by atoms with Crippen molar-refractivity contribution in [2.45, 2.75) is 25.0 Å². The van der Waals surface area contributed by atoms with Gasteiger partial charge in [-0.05, 0) is 37.1 Å². The first-order valence-electron chi connectivity index (χ1n) is 8.83. The first-order chi connectivity index (χ1) is 12.3. The monoisotopic (exact) mass is 341 g/mol. The predicted molar refractivity (Wildman–Crippen MR) is 94.0 cm³/mol. The maximum absolute atomic E-state index is 12.4. The van der Waals surface area contributed by atoms with E-state index in [0.29, 0.717) is 19.2 Å². The number of hydrogen-bond donors (Lipinski definition) is 1. The molecule has 0 aliphatic carbocycles. The summed E-state index contributed by atoms with van der Waals surface area (Å²) in [5.74, 6) is 1.50. The van der Waals surface area contributed by atoms with Gasteiger partial charge in [0.15, 0.2) is 17.6 Å². The third-order valence-electron chi connectivity index (χ3n) is 4.85. The van der Waals surface area contributed by atoms with Gasteiger partial charge < -0.3 is 24.3 Å². The van der Waals surface area contributed by atoms with Gasteiger partial charge in [-0.2, -0.15) is 0 Å². The molecule has 1 saturated heterocycles. The van der Waals surface area contributed by atoms with E-state index in [2.05, 4.69) is 22.3 Å². The second-order valence-corrected chi connectivity index (χ2v) is 6.53. The largest absolute Gasteiger partial charge is 0.486 e. The number of rotatable bonds is 3. The lowest BCUT2D eigenvalue weighted by atomic mass is 10.1. The van der Waals surface area contributed by atoms with Crippen LogP contribution >= 0.6 is 0 Å². The number of carbonyl (C=O) groups is 1. The van der Waals surface area contributed by atoms with Gasteiger partial charge >= 0.3 is 6.03 Å². The second-order valence-electron chi connectivity index (χ2n) is 6.53. The van der Waals surface area contributed by atoms with Crippen molar-refractivity contribution >= 4 is 6.03 Å². The van der Waals surface area contributed by atoms with Gasteiger partial charge in [0.2, 0.25) is 0 Å². The Balaban J connectivity index is 1.24. The van der Waals surface area contributed by atoms with Gasteiger partial charge in [0.25, 0.3) is 0 Å². The number of benzene rings is 1. The Kier molecular flexibility index (Phi) is 4.50. The molecule has 1 fully saturated rings. The fourth-order valence-electron chi connectivity index (χ4n) is 3.43. The van der Waals surface area contributed by atoms with Crippen molar-refractivity contribution in [1.82, 2.24) is 14.8 Å². The molecule has 4 rings (SSSR count). The number of fused-ring (bicyclic) bond motifs is 1. The third kappa shape index (κ3) is 3.57. The van der Waals surface area contributed by atoms with Crippen molar-refractivity contribution in [3.8, 4) is 11.5 Å². The molecule has 25 heavy (non-hydrogen) atoms. The molecule has 1 atom stereocenters. The molecule has 0 bridgehead atoms. The lowest BCUT2D eigenvalue weighted by molar-refractivity contribution is 0.0892. The highest BCUT2D eigenvalue weighted by Gasteiger charge is 2.25. The summed E-state index contributed by atoms with van der Waals surface area (Å²) in [6, 6.07) is 12.2. The smallest absolute Gasteiger partial charge is 0.317 e. The van der Waals surface area contributed by atoms with Crippen molar-refractivity contribution in [2.24, 2.45) is 0 Å². The molecule has 1 N–H and O–H groups in total. The number of aromatic nitrogens is 1. The molecule has 0 radical (unpaired) electrons. The summed E-state index contributed by atoms with van der Waals surface area (Å²) >= 11 is 0. The van der Waals surface area contributed by atoms with Gasteiger partial charge in [-0.1, -0.05) is 12.1 Å². The molecule has 6 heteroatoms. The standard InChI is InChI=1S/C19H23N3O3/c23-19(22-11-7-15(8-12-22)21-9-3-4-10-21)20-13-16-14-24-17-5-1-2-6-18(17)25-16/h1-6,9-10,15-16H,7-8,11-14H2,(H,20,23). The van der Waals surface area contributed by atoms with Crippen LogP contribution in [0.1, 0.15) is 18.9 Å². The quantitative estimate of drug-likeness (QED) is 0.934. The first-order valence-corrected chi connectivity index (χ1v) is 8.83. The highest BCUT2D eigenvalue weighted by Crippen LogP contribution is 2.30. The summed E-state index contributed by atoms with van der Waals surface area (Å²) in [7, 11) is 0. The molecule has 0 spiro atoms. The summed E-state index contributed by atoms with van der Waals surface area (Å²) in [6.07, 6.45) is 6.00. The lowest BCUT2D eigenvalue weighted by Gasteiger charge is -2.33. The molecule has 6 nitrogen and oxygen atoms in total. The zero-order valence-corrected chi connectivity index (χ0v) is 14.1. The van der Waals surface area contributed by atoms with Crippen molar-refractivity contribution in [2.75, 3.05) is 26.2 Å². The molecule has 2 aromatic rings. The van der Waals surface area contributed by atoms with E-state index in [1.54, 1.807) is 0 Å². The van der Waals surface area contributed by atoms with Gasteiger partial charge in [0.05, 0.1) is 6.54 Å². The molecule has 132 valence electrons. The van der Waals surface area contributed by atoms with Crippen molar-refractivity contribution < 1.29 is 14.3 Å². The molecule has 1 aromatic carbocycles. The van der Waals surface area contributed by atoms with E-state index in [1.165, 1.54) is 0 Å². The van der Waals surface area contributed by atoms with Crippen LogP contribution in [-0.4, -0.2) is 47.8 Å². The highest BCUT2D eigenvalue weighted by molar-refractivity contribution is 5.74. The Bertz CT molecular complexity index is 708. The average Bonchev–Trinajstić information content (AvgIpc) is 3.21. The molecule has 2 aliphatic rings. The number of carbonyl (C=O) groups excluding carboxylic acids is 1. The summed E-state index contributed by atoms with van der Waals surface area (Å²) in [6.45, 7) is 2.46. The number of piperidine rings is 1. The third-order valence-corrected chi connectivity index (χ3v) is 4.85. The van der Waals surface area contributed by atoms with Gasteiger partial charge in [0.1, 0.15) is 6.61 Å². The molecule has 1 unspecified atom stereocenters. The zero-order chi connectivity index (χ0) is 17.1. The van der Waals surface area contributed by atoms with Crippen LogP contribution in [0.5, 0.6) is 11.5 Å². The molecular weight excluding hydrogens is 318 g/mol. The fourth-order valence-corrected chi connectivity index (χ4v) is 3.43. The van der Waals surface area contributed by atoms with Crippen molar-refractivity contribution in [1.29, 1.82) is 0 Å². The first kappa shape index (κ1) is 15.9. The number of hydrogen-bond acceptors (Lipinski definition) is 3. The minimum absolute atomic E-state index is 0.0200. The van der Waals surface area contributed by atoms with Crippen LogP contribution in [0.2, 0.25) is 0 Å². The number of likely N-dealkylation sites (tertiary alicyclic amines) is 1. The van der Waals surface area contributed by atoms with E-state index in [0.717, 1.165) is 37.4 Å². The molecule has 2 amide bonds. The number of ether oxygens (including phenoxy) is 2. The summed E-state index contributed by atoms with van der Waals surface area (Å²) < 4.78 is 13.8. The maximum Gasteiger partial charge on any atom is 0.317 e. The molecule has 2 aliphatic heterocycles. The summed E-state index contributed by atoms with van der Waals surface area (Å²) in [4.78, 5) is 14.3. The van der Waals surface area contributed by atoms with Crippen LogP contribution < -0.4 is 14.8 Å². The van der Waals surface area contributed by atoms with Gasteiger partial charge in [-0.25, -0.2) is 4.79 Å². The minimum atomic E-state index is -0.156. The predicted octanol–water partition coefficient (Wildman–Crippen LogP) is 2.67. The van der Waals surface area contributed by atoms with E-state index < -0.39 is 0 Å². The maximum atomic E-state index is 12.4. The van der Waals surface area contributed by atoms with E-state index in [9.17, 15) is 4.79 Å². The van der Waals surface area contributed by atoms with Crippen LogP contribution in [0.4, 0.5) is 4.79 Å².